The van der Waals surface area contributed by atoms with Crippen molar-refractivity contribution >= 4 is 0 Å². The predicted molar refractivity (Wildman–Crippen MR) is 62.0 cm³/mol. The molecule has 1 aliphatic rings. The Balaban J connectivity index is 2.39. The minimum Gasteiger partial charge on any atom is -0.392 e. The third kappa shape index (κ3) is 2.88. The number of β-amino-alcohol motifs (C(OH)–C–C–N with tert-alkyl or cyclic N) is 1. The van der Waals surface area contributed by atoms with Gasteiger partial charge in [-0.3, -0.25) is 4.90 Å². The maximum absolute atomic E-state index is 13.0. The molecule has 1 heterocycles. The highest BCUT2D eigenvalue weighted by molar-refractivity contribution is 5.33. The van der Waals surface area contributed by atoms with Gasteiger partial charge >= 0.3 is 6.18 Å². The maximum atomic E-state index is 13.0. The summed E-state index contributed by atoms with van der Waals surface area (Å²) in [5.74, 6) is 0. The van der Waals surface area contributed by atoms with Gasteiger partial charge in [0.2, 0.25) is 0 Å². The first-order valence-corrected chi connectivity index (χ1v) is 5.88. The van der Waals surface area contributed by atoms with E-state index in [9.17, 15) is 18.3 Å². The van der Waals surface area contributed by atoms with Crippen LogP contribution in [0.2, 0.25) is 0 Å². The molecule has 1 aromatic rings. The minimum atomic E-state index is -4.43. The summed E-state index contributed by atoms with van der Waals surface area (Å²) in [6, 6.07) is 6.69. The fourth-order valence-corrected chi connectivity index (χ4v) is 2.51. The largest absolute Gasteiger partial charge is 0.416 e. The zero-order chi connectivity index (χ0) is 14.0. The van der Waals surface area contributed by atoms with Crippen molar-refractivity contribution in [1.29, 1.82) is 5.26 Å². The van der Waals surface area contributed by atoms with Gasteiger partial charge in [-0.2, -0.15) is 18.4 Å². The molecule has 0 amide bonds. The molecule has 6 heteroatoms. The number of halogens is 3. The van der Waals surface area contributed by atoms with Crippen molar-refractivity contribution in [3.63, 3.8) is 0 Å². The van der Waals surface area contributed by atoms with E-state index >= 15 is 0 Å². The number of aliphatic hydroxyl groups excluding tert-OH is 1. The van der Waals surface area contributed by atoms with Crippen LogP contribution in [0, 0.1) is 11.3 Å². The number of hydrogen-bond donors (Lipinski definition) is 1. The molecule has 1 N–H and O–H groups in total. The van der Waals surface area contributed by atoms with Crippen LogP contribution in [-0.4, -0.2) is 29.2 Å². The van der Waals surface area contributed by atoms with Gasteiger partial charge in [0.15, 0.2) is 0 Å². The van der Waals surface area contributed by atoms with Crippen molar-refractivity contribution in [3.8, 4) is 6.07 Å². The molecule has 0 radical (unpaired) electrons. The number of hydrogen-bond acceptors (Lipinski definition) is 3. The second-order valence-corrected chi connectivity index (χ2v) is 4.58. The van der Waals surface area contributed by atoms with Gasteiger partial charge in [0, 0.05) is 12.6 Å². The smallest absolute Gasteiger partial charge is 0.392 e. The van der Waals surface area contributed by atoms with Crippen molar-refractivity contribution in [1.82, 2.24) is 4.90 Å². The highest BCUT2D eigenvalue weighted by Gasteiger charge is 2.39. The van der Waals surface area contributed by atoms with Crippen molar-refractivity contribution < 1.29 is 18.3 Å². The van der Waals surface area contributed by atoms with Crippen molar-refractivity contribution in [3.05, 3.63) is 35.4 Å². The summed E-state index contributed by atoms with van der Waals surface area (Å²) in [6.07, 6.45) is -4.91. The summed E-state index contributed by atoms with van der Waals surface area (Å²) in [5, 5.41) is 18.3. The molecular weight excluding hydrogens is 257 g/mol. The quantitative estimate of drug-likeness (QED) is 0.839. The number of likely N-dealkylation sites (tertiary alicyclic amines) is 1. The Kier molecular flexibility index (Phi) is 3.78. The van der Waals surface area contributed by atoms with Gasteiger partial charge in [-0.05, 0) is 18.1 Å². The molecule has 2 atom stereocenters. The van der Waals surface area contributed by atoms with Crippen molar-refractivity contribution in [2.75, 3.05) is 13.1 Å². The number of nitrogens with zero attached hydrogens (tertiary/aromatic N) is 2. The molecule has 3 nitrogen and oxygen atoms in total. The molecule has 2 rings (SSSR count). The lowest BCUT2D eigenvalue weighted by Gasteiger charge is -2.24. The van der Waals surface area contributed by atoms with Crippen LogP contribution in [0.5, 0.6) is 0 Å². The molecule has 1 aromatic carbocycles. The Labute approximate surface area is 108 Å². The van der Waals surface area contributed by atoms with Crippen LogP contribution in [0.25, 0.3) is 0 Å². The Morgan fingerprint density at radius 3 is 2.68 bits per heavy atom. The van der Waals surface area contributed by atoms with E-state index in [-0.39, 0.29) is 25.1 Å². The topological polar surface area (TPSA) is 47.3 Å². The summed E-state index contributed by atoms with van der Waals surface area (Å²) in [7, 11) is 0. The van der Waals surface area contributed by atoms with Gasteiger partial charge in [-0.1, -0.05) is 18.2 Å². The molecule has 102 valence electrons. The summed E-state index contributed by atoms with van der Waals surface area (Å²) in [4.78, 5) is 1.58. The van der Waals surface area contributed by atoms with Gasteiger partial charge < -0.3 is 5.11 Å². The van der Waals surface area contributed by atoms with E-state index in [0.29, 0.717) is 0 Å². The van der Waals surface area contributed by atoms with Gasteiger partial charge in [-0.15, -0.1) is 0 Å². The Morgan fingerprint density at radius 2 is 2.05 bits per heavy atom. The van der Waals surface area contributed by atoms with Crippen molar-refractivity contribution in [2.24, 2.45) is 0 Å². The molecule has 1 fully saturated rings. The van der Waals surface area contributed by atoms with E-state index < -0.39 is 23.9 Å². The SMILES string of the molecule is N#CCN1C[C@H](O)C[C@H]1c1ccccc1C(F)(F)F. The normalized spacial score (nSPS) is 24.4. The van der Waals surface area contributed by atoms with Gasteiger partial charge in [0.1, 0.15) is 0 Å². The second-order valence-electron chi connectivity index (χ2n) is 4.58. The average molecular weight is 270 g/mol. The van der Waals surface area contributed by atoms with Crippen LogP contribution < -0.4 is 0 Å². The summed E-state index contributed by atoms with van der Waals surface area (Å²) in [5.41, 5.74) is -0.571. The molecule has 1 aliphatic heterocycles. The van der Waals surface area contributed by atoms with Crippen LogP contribution in [-0.2, 0) is 6.18 Å². The van der Waals surface area contributed by atoms with Gasteiger partial charge in [0.05, 0.1) is 24.3 Å². The highest BCUT2D eigenvalue weighted by atomic mass is 19.4. The Morgan fingerprint density at radius 1 is 1.37 bits per heavy atom. The summed E-state index contributed by atoms with van der Waals surface area (Å²) >= 11 is 0. The molecular formula is C13H13F3N2O. The van der Waals surface area contributed by atoms with E-state index in [2.05, 4.69) is 0 Å². The molecule has 0 saturated carbocycles. The molecule has 1 saturated heterocycles. The zero-order valence-electron chi connectivity index (χ0n) is 10.1. The maximum Gasteiger partial charge on any atom is 0.416 e. The number of nitriles is 1. The first kappa shape index (κ1) is 13.8. The van der Waals surface area contributed by atoms with Crippen LogP contribution in [0.15, 0.2) is 24.3 Å². The van der Waals surface area contributed by atoms with Crippen LogP contribution >= 0.6 is 0 Å². The molecule has 0 bridgehead atoms. The van der Waals surface area contributed by atoms with E-state index in [1.807, 2.05) is 6.07 Å². The van der Waals surface area contributed by atoms with Gasteiger partial charge in [0.25, 0.3) is 0 Å². The Hall–Kier alpha value is -1.58. The zero-order valence-corrected chi connectivity index (χ0v) is 10.1. The van der Waals surface area contributed by atoms with Crippen LogP contribution in [0.4, 0.5) is 13.2 Å². The summed E-state index contributed by atoms with van der Waals surface area (Å²) < 4.78 is 38.9. The molecule has 19 heavy (non-hydrogen) atoms. The first-order valence-electron chi connectivity index (χ1n) is 5.88. The predicted octanol–water partition coefficient (Wildman–Crippen LogP) is 2.34. The number of rotatable bonds is 2. The van der Waals surface area contributed by atoms with Gasteiger partial charge in [-0.25, -0.2) is 0 Å². The summed E-state index contributed by atoms with van der Waals surface area (Å²) in [6.45, 7) is 0.234. The van der Waals surface area contributed by atoms with E-state index in [0.717, 1.165) is 6.07 Å². The number of alkyl halides is 3. The van der Waals surface area contributed by atoms with Crippen LogP contribution in [0.3, 0.4) is 0 Å². The average Bonchev–Trinajstić information content (AvgIpc) is 2.70. The van der Waals surface area contributed by atoms with Crippen molar-refractivity contribution in [2.45, 2.75) is 24.7 Å². The fraction of sp³-hybridized carbons (Fsp3) is 0.462. The monoisotopic (exact) mass is 270 g/mol. The highest BCUT2D eigenvalue weighted by Crippen LogP contribution is 2.40. The Bertz CT molecular complexity index is 495. The lowest BCUT2D eigenvalue weighted by molar-refractivity contribution is -0.138. The van der Waals surface area contributed by atoms with E-state index in [4.69, 9.17) is 5.26 Å². The lowest BCUT2D eigenvalue weighted by Crippen LogP contribution is -2.26. The van der Waals surface area contributed by atoms with E-state index in [1.54, 1.807) is 11.0 Å². The number of benzene rings is 1. The lowest BCUT2D eigenvalue weighted by atomic mass is 9.97. The number of aliphatic hydroxyl groups is 1. The first-order chi connectivity index (χ1) is 8.93. The molecule has 0 aliphatic carbocycles. The molecule has 0 spiro atoms. The van der Waals surface area contributed by atoms with E-state index in [1.165, 1.54) is 12.1 Å². The second kappa shape index (κ2) is 5.19. The molecule has 0 aromatic heterocycles. The molecule has 0 unspecified atom stereocenters. The minimum absolute atomic E-state index is 0.00786. The third-order valence-corrected chi connectivity index (χ3v) is 3.28. The third-order valence-electron chi connectivity index (χ3n) is 3.28. The fourth-order valence-electron chi connectivity index (χ4n) is 2.51. The standard InChI is InChI=1S/C13H13F3N2O/c14-13(15,16)11-4-2-1-3-10(11)12-7-9(19)8-18(12)6-5-17/h1-4,9,12,19H,6-8H2/t9-,12+/m1/s1. The van der Waals surface area contributed by atoms with Crippen LogP contribution in [0.1, 0.15) is 23.6 Å².